The topological polar surface area (TPSA) is 73.6 Å². The predicted octanol–water partition coefficient (Wildman–Crippen LogP) is 1.06. The molecule has 5 heteroatoms. The van der Waals surface area contributed by atoms with Gasteiger partial charge in [-0.25, -0.2) is 0 Å². The van der Waals surface area contributed by atoms with Crippen LogP contribution in [0.2, 0.25) is 0 Å². The summed E-state index contributed by atoms with van der Waals surface area (Å²) in [7, 11) is 1.60. The number of benzene rings is 1. The number of rotatable bonds is 7. The summed E-state index contributed by atoms with van der Waals surface area (Å²) >= 11 is 0. The highest BCUT2D eigenvalue weighted by Gasteiger charge is 2.05. The van der Waals surface area contributed by atoms with Gasteiger partial charge in [0.15, 0.2) is 0 Å². The van der Waals surface area contributed by atoms with Crippen LogP contribution in [-0.2, 0) is 11.3 Å². The van der Waals surface area contributed by atoms with Crippen LogP contribution in [0, 0.1) is 0 Å². The number of carbonyl (C=O) groups is 1. The lowest BCUT2D eigenvalue weighted by Gasteiger charge is -2.11. The Morgan fingerprint density at radius 3 is 2.83 bits per heavy atom. The molecule has 0 fully saturated rings. The number of methoxy groups -OCH3 is 1. The number of ether oxygens (including phenoxy) is 2. The lowest BCUT2D eigenvalue weighted by Crippen LogP contribution is -2.24. The van der Waals surface area contributed by atoms with Crippen LogP contribution in [-0.4, -0.2) is 26.2 Å². The summed E-state index contributed by atoms with van der Waals surface area (Å²) in [6.07, 6.45) is 0.337. The summed E-state index contributed by atoms with van der Waals surface area (Å²) in [4.78, 5) is 11.3. The van der Waals surface area contributed by atoms with Crippen molar-refractivity contribution in [2.24, 2.45) is 5.73 Å². The molecule has 0 saturated carbocycles. The van der Waals surface area contributed by atoms with Crippen molar-refractivity contribution in [3.63, 3.8) is 0 Å². The minimum Gasteiger partial charge on any atom is -0.497 e. The third-order valence-electron chi connectivity index (χ3n) is 2.45. The minimum absolute atomic E-state index is 0.0136. The van der Waals surface area contributed by atoms with Gasteiger partial charge in [-0.1, -0.05) is 0 Å². The molecule has 100 valence electrons. The maximum absolute atomic E-state index is 11.3. The first-order valence-corrected chi connectivity index (χ1v) is 5.97. The highest BCUT2D eigenvalue weighted by molar-refractivity contribution is 5.75. The molecule has 1 aromatic rings. The summed E-state index contributed by atoms with van der Waals surface area (Å²) in [5, 5.41) is 2.72. The van der Waals surface area contributed by atoms with E-state index in [-0.39, 0.29) is 5.91 Å². The Labute approximate surface area is 107 Å². The van der Waals surface area contributed by atoms with E-state index in [1.165, 1.54) is 0 Å². The van der Waals surface area contributed by atoms with Crippen LogP contribution in [0.15, 0.2) is 18.2 Å². The summed E-state index contributed by atoms with van der Waals surface area (Å²) < 4.78 is 10.7. The summed E-state index contributed by atoms with van der Waals surface area (Å²) in [5.41, 5.74) is 6.50. The lowest BCUT2D eigenvalue weighted by atomic mass is 10.2. The molecule has 5 nitrogen and oxygen atoms in total. The summed E-state index contributed by atoms with van der Waals surface area (Å²) in [6, 6.07) is 5.45. The average Bonchev–Trinajstić information content (AvgIpc) is 2.39. The van der Waals surface area contributed by atoms with Crippen molar-refractivity contribution in [3.8, 4) is 11.5 Å². The molecule has 0 atom stereocenters. The van der Waals surface area contributed by atoms with E-state index in [4.69, 9.17) is 15.2 Å². The van der Waals surface area contributed by atoms with E-state index in [0.29, 0.717) is 31.9 Å². The zero-order chi connectivity index (χ0) is 13.4. The van der Waals surface area contributed by atoms with Gasteiger partial charge in [0.05, 0.1) is 20.1 Å². The van der Waals surface area contributed by atoms with Crippen molar-refractivity contribution in [3.05, 3.63) is 23.8 Å². The molecule has 0 unspecified atom stereocenters. The molecule has 0 aliphatic rings. The van der Waals surface area contributed by atoms with E-state index in [1.54, 1.807) is 19.2 Å². The second-order valence-electron chi connectivity index (χ2n) is 3.73. The Kier molecular flexibility index (Phi) is 6.00. The molecule has 0 aliphatic carbocycles. The van der Waals surface area contributed by atoms with Crippen LogP contribution >= 0.6 is 0 Å². The molecular formula is C13H20N2O3. The van der Waals surface area contributed by atoms with Crippen molar-refractivity contribution in [1.82, 2.24) is 5.32 Å². The third-order valence-corrected chi connectivity index (χ3v) is 2.45. The van der Waals surface area contributed by atoms with E-state index in [9.17, 15) is 4.79 Å². The molecule has 0 saturated heterocycles. The van der Waals surface area contributed by atoms with Crippen LogP contribution in [0.3, 0.4) is 0 Å². The van der Waals surface area contributed by atoms with Gasteiger partial charge in [0, 0.05) is 18.7 Å². The Bertz CT molecular complexity index is 394. The second kappa shape index (κ2) is 7.55. The molecule has 0 spiro atoms. The SMILES string of the molecule is CCNC(=O)CCOc1ccc(OC)cc1CN. The van der Waals surface area contributed by atoms with Crippen molar-refractivity contribution < 1.29 is 14.3 Å². The van der Waals surface area contributed by atoms with Crippen molar-refractivity contribution in [2.75, 3.05) is 20.3 Å². The van der Waals surface area contributed by atoms with Crippen LogP contribution in [0.4, 0.5) is 0 Å². The van der Waals surface area contributed by atoms with Gasteiger partial charge in [-0.05, 0) is 25.1 Å². The molecule has 1 amide bonds. The molecule has 1 aromatic carbocycles. The Morgan fingerprint density at radius 1 is 1.44 bits per heavy atom. The van der Waals surface area contributed by atoms with Gasteiger partial charge >= 0.3 is 0 Å². The van der Waals surface area contributed by atoms with Crippen molar-refractivity contribution >= 4 is 5.91 Å². The fourth-order valence-corrected chi connectivity index (χ4v) is 1.52. The predicted molar refractivity (Wildman–Crippen MR) is 69.7 cm³/mol. The van der Waals surface area contributed by atoms with Gasteiger partial charge in [0.25, 0.3) is 0 Å². The summed E-state index contributed by atoms with van der Waals surface area (Å²) in [5.74, 6) is 1.43. The molecule has 0 aliphatic heterocycles. The van der Waals surface area contributed by atoms with Crippen molar-refractivity contribution in [1.29, 1.82) is 0 Å². The van der Waals surface area contributed by atoms with Gasteiger partial charge < -0.3 is 20.5 Å². The normalized spacial score (nSPS) is 9.94. The highest BCUT2D eigenvalue weighted by atomic mass is 16.5. The highest BCUT2D eigenvalue weighted by Crippen LogP contribution is 2.23. The van der Waals surface area contributed by atoms with E-state index in [1.807, 2.05) is 13.0 Å². The quantitative estimate of drug-likeness (QED) is 0.761. The third kappa shape index (κ3) is 4.25. The molecule has 0 bridgehead atoms. The Hall–Kier alpha value is -1.75. The van der Waals surface area contributed by atoms with E-state index < -0.39 is 0 Å². The first kappa shape index (κ1) is 14.3. The number of amides is 1. The molecule has 0 radical (unpaired) electrons. The van der Waals surface area contributed by atoms with Crippen molar-refractivity contribution in [2.45, 2.75) is 19.9 Å². The van der Waals surface area contributed by atoms with Gasteiger partial charge in [-0.2, -0.15) is 0 Å². The van der Waals surface area contributed by atoms with Crippen LogP contribution in [0.25, 0.3) is 0 Å². The molecule has 1 rings (SSSR count). The molecular weight excluding hydrogens is 232 g/mol. The second-order valence-corrected chi connectivity index (χ2v) is 3.73. The average molecular weight is 252 g/mol. The zero-order valence-electron chi connectivity index (χ0n) is 10.9. The summed E-state index contributed by atoms with van der Waals surface area (Å²) in [6.45, 7) is 3.23. The largest absolute Gasteiger partial charge is 0.497 e. The Balaban J connectivity index is 2.53. The molecule has 0 heterocycles. The number of nitrogens with one attached hydrogen (secondary N) is 1. The van der Waals surface area contributed by atoms with Gasteiger partial charge in [0.2, 0.25) is 5.91 Å². The maximum Gasteiger partial charge on any atom is 0.223 e. The lowest BCUT2D eigenvalue weighted by molar-refractivity contribution is -0.121. The van der Waals surface area contributed by atoms with Gasteiger partial charge in [-0.15, -0.1) is 0 Å². The molecule has 0 aromatic heterocycles. The molecule has 18 heavy (non-hydrogen) atoms. The minimum atomic E-state index is -0.0136. The Morgan fingerprint density at radius 2 is 2.22 bits per heavy atom. The first-order valence-electron chi connectivity index (χ1n) is 5.97. The number of hydrogen-bond acceptors (Lipinski definition) is 4. The number of carbonyl (C=O) groups excluding carboxylic acids is 1. The monoisotopic (exact) mass is 252 g/mol. The van der Waals surface area contributed by atoms with Crippen LogP contribution < -0.4 is 20.5 Å². The molecule has 3 N–H and O–H groups in total. The van der Waals surface area contributed by atoms with Crippen LogP contribution in [0.1, 0.15) is 18.9 Å². The standard InChI is InChI=1S/C13H20N2O3/c1-3-15-13(16)6-7-18-12-5-4-11(17-2)8-10(12)9-14/h4-5,8H,3,6-7,9,14H2,1-2H3,(H,15,16). The zero-order valence-corrected chi connectivity index (χ0v) is 10.9. The van der Waals surface area contributed by atoms with E-state index in [2.05, 4.69) is 5.32 Å². The van der Waals surface area contributed by atoms with E-state index in [0.717, 1.165) is 11.3 Å². The van der Waals surface area contributed by atoms with Gasteiger partial charge in [-0.3, -0.25) is 4.79 Å². The number of nitrogens with two attached hydrogens (primary N) is 1. The fraction of sp³-hybridized carbons (Fsp3) is 0.462. The fourth-order valence-electron chi connectivity index (χ4n) is 1.52. The van der Waals surface area contributed by atoms with Crippen LogP contribution in [0.5, 0.6) is 11.5 Å². The number of hydrogen-bond donors (Lipinski definition) is 2. The smallest absolute Gasteiger partial charge is 0.223 e. The van der Waals surface area contributed by atoms with Gasteiger partial charge in [0.1, 0.15) is 11.5 Å². The van der Waals surface area contributed by atoms with E-state index >= 15 is 0 Å². The maximum atomic E-state index is 11.3. The first-order chi connectivity index (χ1) is 8.71.